The maximum atomic E-state index is 12.5. The predicted molar refractivity (Wildman–Crippen MR) is 94.9 cm³/mol. The number of benzene rings is 1. The Morgan fingerprint density at radius 2 is 2.08 bits per heavy atom. The number of pyridine rings is 1. The van der Waals surface area contributed by atoms with Crippen molar-refractivity contribution in [2.45, 2.75) is 19.0 Å². The Hall–Kier alpha value is -2.18. The molecule has 0 atom stereocenters. The Bertz CT molecular complexity index is 917. The van der Waals surface area contributed by atoms with Crippen LogP contribution in [0.25, 0.3) is 10.9 Å². The molecule has 0 saturated carbocycles. The minimum absolute atomic E-state index is 0.0484. The third kappa shape index (κ3) is 3.49. The average Bonchev–Trinajstić information content (AvgIpc) is 2.57. The Morgan fingerprint density at radius 3 is 2.88 bits per heavy atom. The van der Waals surface area contributed by atoms with E-state index in [0.717, 1.165) is 16.8 Å². The van der Waals surface area contributed by atoms with E-state index in [-0.39, 0.29) is 10.7 Å². The van der Waals surface area contributed by atoms with Gasteiger partial charge in [-0.05, 0) is 24.8 Å². The summed E-state index contributed by atoms with van der Waals surface area (Å²) in [7, 11) is 0. The SMILES string of the molecule is CCSc1ncc(Cl)c(C(=O)Oc2cccc3ccc(C)nc23)n1. The van der Waals surface area contributed by atoms with Crippen molar-refractivity contribution < 1.29 is 9.53 Å². The molecule has 5 nitrogen and oxygen atoms in total. The zero-order valence-electron chi connectivity index (χ0n) is 13.1. The quantitative estimate of drug-likeness (QED) is 0.299. The highest BCUT2D eigenvalue weighted by atomic mass is 35.5. The third-order valence-electron chi connectivity index (χ3n) is 3.21. The first-order chi connectivity index (χ1) is 11.6. The zero-order valence-corrected chi connectivity index (χ0v) is 14.7. The summed E-state index contributed by atoms with van der Waals surface area (Å²) in [5, 5.41) is 1.53. The number of ether oxygens (including phenoxy) is 1. The molecule has 0 aliphatic carbocycles. The van der Waals surface area contributed by atoms with Crippen LogP contribution >= 0.6 is 23.4 Å². The van der Waals surface area contributed by atoms with Gasteiger partial charge in [0.05, 0.1) is 11.2 Å². The van der Waals surface area contributed by atoms with Crippen molar-refractivity contribution in [3.05, 3.63) is 52.9 Å². The Labute approximate surface area is 148 Å². The molecule has 0 radical (unpaired) electrons. The normalized spacial score (nSPS) is 10.8. The van der Waals surface area contributed by atoms with Crippen LogP contribution in [0.2, 0.25) is 5.02 Å². The largest absolute Gasteiger partial charge is 0.419 e. The van der Waals surface area contributed by atoms with Gasteiger partial charge >= 0.3 is 5.97 Å². The molecule has 0 aliphatic heterocycles. The summed E-state index contributed by atoms with van der Waals surface area (Å²) in [5.41, 5.74) is 1.51. The van der Waals surface area contributed by atoms with Gasteiger partial charge in [0.15, 0.2) is 16.6 Å². The first-order valence-corrected chi connectivity index (χ1v) is 8.68. The van der Waals surface area contributed by atoms with Crippen LogP contribution in [-0.2, 0) is 0 Å². The lowest BCUT2D eigenvalue weighted by molar-refractivity contribution is 0.0729. The fourth-order valence-electron chi connectivity index (χ4n) is 2.14. The van der Waals surface area contributed by atoms with Gasteiger partial charge in [-0.3, -0.25) is 0 Å². The van der Waals surface area contributed by atoms with E-state index in [0.29, 0.717) is 16.4 Å². The maximum Gasteiger partial charge on any atom is 0.364 e. The van der Waals surface area contributed by atoms with Gasteiger partial charge in [0, 0.05) is 11.1 Å². The number of para-hydroxylation sites is 1. The summed E-state index contributed by atoms with van der Waals surface area (Å²) >= 11 is 7.48. The highest BCUT2D eigenvalue weighted by Crippen LogP contribution is 2.26. The molecule has 3 rings (SSSR count). The lowest BCUT2D eigenvalue weighted by Gasteiger charge is -2.08. The maximum absolute atomic E-state index is 12.5. The van der Waals surface area contributed by atoms with Crippen LogP contribution in [0.15, 0.2) is 41.7 Å². The van der Waals surface area contributed by atoms with Gasteiger partial charge in [0.1, 0.15) is 5.52 Å². The Balaban J connectivity index is 1.96. The summed E-state index contributed by atoms with van der Waals surface area (Å²) in [6, 6.07) is 9.25. The summed E-state index contributed by atoms with van der Waals surface area (Å²) in [6.07, 6.45) is 1.41. The zero-order chi connectivity index (χ0) is 17.1. The molecule has 1 aromatic carbocycles. The van der Waals surface area contributed by atoms with Crippen molar-refractivity contribution in [2.75, 3.05) is 5.75 Å². The number of carbonyl (C=O) groups excluding carboxylic acids is 1. The lowest BCUT2D eigenvalue weighted by Crippen LogP contribution is -2.13. The second kappa shape index (κ2) is 7.15. The van der Waals surface area contributed by atoms with Crippen LogP contribution < -0.4 is 4.74 Å². The molecule has 0 saturated heterocycles. The van der Waals surface area contributed by atoms with Gasteiger partial charge in [-0.25, -0.2) is 19.7 Å². The summed E-state index contributed by atoms with van der Waals surface area (Å²) in [6.45, 7) is 3.86. The molecule has 0 bridgehead atoms. The number of aromatic nitrogens is 3. The van der Waals surface area contributed by atoms with Crippen LogP contribution in [-0.4, -0.2) is 26.7 Å². The number of hydrogen-bond donors (Lipinski definition) is 0. The summed E-state index contributed by atoms with van der Waals surface area (Å²) < 4.78 is 5.50. The summed E-state index contributed by atoms with van der Waals surface area (Å²) in [4.78, 5) is 25.2. The first-order valence-electron chi connectivity index (χ1n) is 7.32. The molecule has 2 heterocycles. The van der Waals surface area contributed by atoms with E-state index < -0.39 is 5.97 Å². The van der Waals surface area contributed by atoms with E-state index in [1.165, 1.54) is 18.0 Å². The van der Waals surface area contributed by atoms with E-state index in [2.05, 4.69) is 15.0 Å². The molecule has 24 heavy (non-hydrogen) atoms. The van der Waals surface area contributed by atoms with Crippen molar-refractivity contribution in [1.82, 2.24) is 15.0 Å². The molecule has 0 spiro atoms. The fraction of sp³-hybridized carbons (Fsp3) is 0.176. The molecule has 0 unspecified atom stereocenters. The number of nitrogens with zero attached hydrogens (tertiary/aromatic N) is 3. The predicted octanol–water partition coefficient (Wildman–Crippen LogP) is 4.32. The minimum Gasteiger partial charge on any atom is -0.419 e. The topological polar surface area (TPSA) is 65.0 Å². The van der Waals surface area contributed by atoms with Crippen molar-refractivity contribution in [3.63, 3.8) is 0 Å². The van der Waals surface area contributed by atoms with Crippen LogP contribution in [0.5, 0.6) is 5.75 Å². The molecular formula is C17H14ClN3O2S. The molecule has 0 N–H and O–H groups in total. The van der Waals surface area contributed by atoms with E-state index in [1.54, 1.807) is 6.07 Å². The highest BCUT2D eigenvalue weighted by Gasteiger charge is 2.18. The molecule has 0 aliphatic rings. The molecule has 122 valence electrons. The number of carbonyl (C=O) groups is 1. The van der Waals surface area contributed by atoms with Crippen molar-refractivity contribution in [2.24, 2.45) is 0 Å². The van der Waals surface area contributed by atoms with Crippen molar-refractivity contribution in [1.29, 1.82) is 0 Å². The minimum atomic E-state index is -0.629. The van der Waals surface area contributed by atoms with E-state index in [1.807, 2.05) is 38.1 Å². The van der Waals surface area contributed by atoms with Crippen molar-refractivity contribution >= 4 is 40.2 Å². The van der Waals surface area contributed by atoms with Gasteiger partial charge in [0.2, 0.25) is 0 Å². The van der Waals surface area contributed by atoms with Crippen LogP contribution in [0.1, 0.15) is 23.1 Å². The fourth-order valence-corrected chi connectivity index (χ4v) is 2.85. The first kappa shape index (κ1) is 16.7. The summed E-state index contributed by atoms with van der Waals surface area (Å²) in [5.74, 6) is 0.541. The average molecular weight is 360 g/mol. The highest BCUT2D eigenvalue weighted by molar-refractivity contribution is 7.99. The van der Waals surface area contributed by atoms with E-state index >= 15 is 0 Å². The standard InChI is InChI=1S/C17H14ClN3O2S/c1-3-24-17-19-9-12(18)15(21-17)16(22)23-13-6-4-5-11-8-7-10(2)20-14(11)13/h4-9H,3H2,1-2H3. The molecule has 0 fully saturated rings. The smallest absolute Gasteiger partial charge is 0.364 e. The Morgan fingerprint density at radius 1 is 1.25 bits per heavy atom. The molecule has 3 aromatic rings. The van der Waals surface area contributed by atoms with Crippen LogP contribution in [0, 0.1) is 6.92 Å². The van der Waals surface area contributed by atoms with Gasteiger partial charge in [-0.2, -0.15) is 0 Å². The number of rotatable bonds is 4. The van der Waals surface area contributed by atoms with Crippen LogP contribution in [0.3, 0.4) is 0 Å². The van der Waals surface area contributed by atoms with Crippen LogP contribution in [0.4, 0.5) is 0 Å². The molecular weight excluding hydrogens is 346 g/mol. The van der Waals surface area contributed by atoms with Crippen molar-refractivity contribution in [3.8, 4) is 5.75 Å². The number of halogens is 1. The van der Waals surface area contributed by atoms with Gasteiger partial charge in [-0.15, -0.1) is 0 Å². The molecule has 2 aromatic heterocycles. The molecule has 0 amide bonds. The van der Waals surface area contributed by atoms with Gasteiger partial charge in [-0.1, -0.05) is 48.5 Å². The second-order valence-corrected chi connectivity index (χ2v) is 6.59. The van der Waals surface area contributed by atoms with E-state index in [9.17, 15) is 4.79 Å². The van der Waals surface area contributed by atoms with Gasteiger partial charge < -0.3 is 4.74 Å². The lowest BCUT2D eigenvalue weighted by atomic mass is 10.2. The Kier molecular flexibility index (Phi) is 4.97. The molecule has 7 heteroatoms. The number of hydrogen-bond acceptors (Lipinski definition) is 6. The number of fused-ring (bicyclic) bond motifs is 1. The number of thioether (sulfide) groups is 1. The number of aryl methyl sites for hydroxylation is 1. The van der Waals surface area contributed by atoms with E-state index in [4.69, 9.17) is 16.3 Å². The second-order valence-electron chi connectivity index (χ2n) is 4.95. The monoisotopic (exact) mass is 359 g/mol. The number of esters is 1. The third-order valence-corrected chi connectivity index (χ3v) is 4.23. The van der Waals surface area contributed by atoms with Gasteiger partial charge in [0.25, 0.3) is 0 Å².